The maximum absolute atomic E-state index is 9.06. The summed E-state index contributed by atoms with van der Waals surface area (Å²) in [6.07, 6.45) is 9.11. The molecule has 23 heavy (non-hydrogen) atoms. The number of allylic oxidation sites excluding steroid dienone is 1. The quantitative estimate of drug-likeness (QED) is 0.545. The summed E-state index contributed by atoms with van der Waals surface area (Å²) in [5, 5.41) is 9.06. The number of unbranched alkanes of at least 4 members (excludes halogenated alkanes) is 1. The normalized spacial score (nSPS) is 12.7. The first kappa shape index (κ1) is 16.8. The van der Waals surface area contributed by atoms with E-state index in [1.54, 1.807) is 6.20 Å². The van der Waals surface area contributed by atoms with Crippen LogP contribution in [0.15, 0.2) is 48.8 Å². The molecule has 4 nitrogen and oxygen atoms in total. The summed E-state index contributed by atoms with van der Waals surface area (Å²) in [6, 6.07) is 11.9. The van der Waals surface area contributed by atoms with Gasteiger partial charge in [-0.15, -0.1) is 0 Å². The van der Waals surface area contributed by atoms with E-state index < -0.39 is 0 Å². The van der Waals surface area contributed by atoms with E-state index in [0.717, 1.165) is 37.1 Å². The number of hydrogen-bond acceptors (Lipinski definition) is 3. The van der Waals surface area contributed by atoms with E-state index >= 15 is 0 Å². The molecule has 120 valence electrons. The minimum atomic E-state index is 0.0101. The summed E-state index contributed by atoms with van der Waals surface area (Å²) >= 11 is 0. The molecule has 0 aliphatic carbocycles. The molecule has 0 spiro atoms. The first-order valence-corrected chi connectivity index (χ1v) is 8.02. The van der Waals surface area contributed by atoms with E-state index in [1.165, 1.54) is 6.08 Å². The zero-order valence-electron chi connectivity index (χ0n) is 13.8. The van der Waals surface area contributed by atoms with Crippen LogP contribution < -0.4 is 0 Å². The molecule has 1 atom stereocenters. The maximum atomic E-state index is 9.06. The van der Waals surface area contributed by atoms with Crippen LogP contribution in [-0.4, -0.2) is 15.7 Å². The fraction of sp³-hybridized carbons (Fsp3) is 0.368. The lowest BCUT2D eigenvalue weighted by atomic mass is 10.1. The molecule has 1 heterocycles. The summed E-state index contributed by atoms with van der Waals surface area (Å²) in [7, 11) is 1.99. The lowest BCUT2D eigenvalue weighted by Crippen LogP contribution is -2.18. The van der Waals surface area contributed by atoms with E-state index in [9.17, 15) is 0 Å². The molecule has 0 N–H and O–H groups in total. The average molecular weight is 309 g/mol. The number of nitriles is 1. The first-order valence-electron chi connectivity index (χ1n) is 8.02. The monoisotopic (exact) mass is 309 g/mol. The fourth-order valence-electron chi connectivity index (χ4n) is 2.46. The van der Waals surface area contributed by atoms with Gasteiger partial charge in [-0.2, -0.15) is 5.26 Å². The molecule has 0 fully saturated rings. The van der Waals surface area contributed by atoms with E-state index in [0.29, 0.717) is 5.76 Å². The van der Waals surface area contributed by atoms with Crippen LogP contribution >= 0.6 is 0 Å². The summed E-state index contributed by atoms with van der Waals surface area (Å²) in [5.41, 5.74) is 0.926. The summed E-state index contributed by atoms with van der Waals surface area (Å²) in [5.74, 6) is 1.62. The van der Waals surface area contributed by atoms with Crippen molar-refractivity contribution in [3.05, 3.63) is 60.2 Å². The molecule has 1 unspecified atom stereocenters. The Morgan fingerprint density at radius 2 is 2.17 bits per heavy atom. The van der Waals surface area contributed by atoms with Gasteiger partial charge in [0, 0.05) is 31.4 Å². The highest BCUT2D eigenvalue weighted by Gasteiger charge is 2.16. The van der Waals surface area contributed by atoms with Crippen LogP contribution in [0.3, 0.4) is 0 Å². The highest BCUT2D eigenvalue weighted by Crippen LogP contribution is 2.21. The Labute approximate surface area is 138 Å². The van der Waals surface area contributed by atoms with Crippen molar-refractivity contribution in [3.63, 3.8) is 0 Å². The minimum absolute atomic E-state index is 0.0101. The Morgan fingerprint density at radius 1 is 1.39 bits per heavy atom. The van der Waals surface area contributed by atoms with E-state index in [1.807, 2.05) is 48.1 Å². The number of hydrogen-bond donors (Lipinski definition) is 0. The lowest BCUT2D eigenvalue weighted by molar-refractivity contribution is 0.151. The second-order valence-electron chi connectivity index (χ2n) is 5.54. The third-order valence-electron chi connectivity index (χ3n) is 3.76. The van der Waals surface area contributed by atoms with Crippen molar-refractivity contribution in [2.24, 2.45) is 7.05 Å². The van der Waals surface area contributed by atoms with Gasteiger partial charge in [0.1, 0.15) is 17.7 Å². The number of rotatable bonds is 8. The predicted molar refractivity (Wildman–Crippen MR) is 91.3 cm³/mol. The molecule has 0 amide bonds. The first-order chi connectivity index (χ1) is 11.2. The Bertz CT molecular complexity index is 667. The molecule has 0 radical (unpaired) electrons. The number of aryl methyl sites for hydroxylation is 1. The smallest absolute Gasteiger partial charge is 0.137 e. The Kier molecular flexibility index (Phi) is 6.43. The molecule has 0 aliphatic heterocycles. The third-order valence-corrected chi connectivity index (χ3v) is 3.76. The van der Waals surface area contributed by atoms with Gasteiger partial charge in [-0.1, -0.05) is 50.1 Å². The zero-order valence-corrected chi connectivity index (χ0v) is 13.8. The highest BCUT2D eigenvalue weighted by atomic mass is 16.5. The van der Waals surface area contributed by atoms with E-state index in [4.69, 9.17) is 10.00 Å². The number of ether oxygens (including phenoxy) is 1. The van der Waals surface area contributed by atoms with Gasteiger partial charge in [0.15, 0.2) is 0 Å². The van der Waals surface area contributed by atoms with Crippen LogP contribution in [0.4, 0.5) is 0 Å². The molecule has 0 bridgehead atoms. The molecule has 0 saturated heterocycles. The van der Waals surface area contributed by atoms with Gasteiger partial charge in [-0.05, 0) is 6.42 Å². The van der Waals surface area contributed by atoms with Gasteiger partial charge in [0.05, 0.1) is 12.1 Å². The number of aromatic nitrogens is 2. The molecule has 0 aliphatic rings. The number of benzene rings is 1. The van der Waals surface area contributed by atoms with Crippen molar-refractivity contribution in [2.45, 2.75) is 38.7 Å². The standard InChI is InChI=1S/C19H23N3O/c1-3-4-10-17(15-19-21-13-14-22(19)2)23-18(11-12-20)16-8-6-5-7-9-16/h5-9,11,13-14,17H,3-4,10,15H2,1-2H3/b18-11-. The summed E-state index contributed by atoms with van der Waals surface area (Å²) in [6.45, 7) is 2.17. The van der Waals surface area contributed by atoms with Gasteiger partial charge in [0.2, 0.25) is 0 Å². The maximum Gasteiger partial charge on any atom is 0.137 e. The van der Waals surface area contributed by atoms with Crippen LogP contribution in [0.1, 0.15) is 37.6 Å². The second kappa shape index (κ2) is 8.79. The van der Waals surface area contributed by atoms with Crippen LogP contribution in [0.2, 0.25) is 0 Å². The molecule has 2 aromatic rings. The molecule has 4 heteroatoms. The average Bonchev–Trinajstić information content (AvgIpc) is 2.98. The van der Waals surface area contributed by atoms with Crippen molar-refractivity contribution in [1.29, 1.82) is 5.26 Å². The number of nitrogens with zero attached hydrogens (tertiary/aromatic N) is 3. The third kappa shape index (κ3) is 5.00. The predicted octanol–water partition coefficient (Wildman–Crippen LogP) is 4.10. The number of imidazole rings is 1. The second-order valence-corrected chi connectivity index (χ2v) is 5.54. The van der Waals surface area contributed by atoms with Crippen molar-refractivity contribution in [3.8, 4) is 6.07 Å². The lowest BCUT2D eigenvalue weighted by Gasteiger charge is -2.21. The van der Waals surface area contributed by atoms with Gasteiger partial charge in [-0.3, -0.25) is 0 Å². The molecule has 0 saturated carbocycles. The van der Waals surface area contributed by atoms with Crippen LogP contribution in [0.25, 0.3) is 5.76 Å². The van der Waals surface area contributed by atoms with E-state index in [2.05, 4.69) is 18.0 Å². The Hall–Kier alpha value is -2.54. The summed E-state index contributed by atoms with van der Waals surface area (Å²) in [4.78, 5) is 4.39. The van der Waals surface area contributed by atoms with Crippen LogP contribution in [-0.2, 0) is 18.2 Å². The van der Waals surface area contributed by atoms with Crippen LogP contribution in [0, 0.1) is 11.3 Å². The minimum Gasteiger partial charge on any atom is -0.489 e. The van der Waals surface area contributed by atoms with Crippen molar-refractivity contribution in [1.82, 2.24) is 9.55 Å². The molecule has 2 rings (SSSR count). The van der Waals surface area contributed by atoms with Crippen molar-refractivity contribution in [2.75, 3.05) is 0 Å². The van der Waals surface area contributed by atoms with Crippen molar-refractivity contribution < 1.29 is 4.74 Å². The molecule has 1 aromatic carbocycles. The largest absolute Gasteiger partial charge is 0.489 e. The van der Waals surface area contributed by atoms with Crippen LogP contribution in [0.5, 0.6) is 0 Å². The van der Waals surface area contributed by atoms with Gasteiger partial charge >= 0.3 is 0 Å². The van der Waals surface area contributed by atoms with Gasteiger partial charge < -0.3 is 9.30 Å². The molecular formula is C19H23N3O. The topological polar surface area (TPSA) is 50.8 Å². The molecule has 1 aromatic heterocycles. The summed E-state index contributed by atoms with van der Waals surface area (Å²) < 4.78 is 8.21. The highest BCUT2D eigenvalue weighted by molar-refractivity contribution is 5.62. The van der Waals surface area contributed by atoms with E-state index in [-0.39, 0.29) is 6.10 Å². The van der Waals surface area contributed by atoms with Gasteiger partial charge in [-0.25, -0.2) is 4.98 Å². The Morgan fingerprint density at radius 3 is 2.78 bits per heavy atom. The fourth-order valence-corrected chi connectivity index (χ4v) is 2.46. The zero-order chi connectivity index (χ0) is 16.5. The Balaban J connectivity index is 2.16. The molecular weight excluding hydrogens is 286 g/mol. The van der Waals surface area contributed by atoms with Gasteiger partial charge in [0.25, 0.3) is 0 Å². The van der Waals surface area contributed by atoms with Crippen molar-refractivity contribution >= 4 is 5.76 Å². The SMILES string of the molecule is CCCCC(Cc1nccn1C)O/C(=C\C#N)c1ccccc1.